The van der Waals surface area contributed by atoms with Crippen LogP contribution < -0.4 is 4.74 Å². The van der Waals surface area contributed by atoms with Gasteiger partial charge in [0.2, 0.25) is 0 Å². The first kappa shape index (κ1) is 16.5. The number of piperidine rings is 1. The summed E-state index contributed by atoms with van der Waals surface area (Å²) in [5.74, 6) is 0.723. The van der Waals surface area contributed by atoms with E-state index in [1.54, 1.807) is 12.4 Å². The standard InChI is InChI=1S/C16H21F3N2O2/c17-16(18,19)5-9-21-7-3-15(4-8-21)10-14(12-22-15)23-13-2-1-6-20-11-13/h1-2,6,11,14H,3-5,7-10,12H2/t14-/m0/s1. The van der Waals surface area contributed by atoms with Gasteiger partial charge in [-0.1, -0.05) is 0 Å². The maximum Gasteiger partial charge on any atom is 0.390 e. The molecule has 0 saturated carbocycles. The van der Waals surface area contributed by atoms with Crippen molar-refractivity contribution in [2.24, 2.45) is 0 Å². The largest absolute Gasteiger partial charge is 0.486 e. The summed E-state index contributed by atoms with van der Waals surface area (Å²) in [6.45, 7) is 1.90. The first-order valence-corrected chi connectivity index (χ1v) is 7.94. The summed E-state index contributed by atoms with van der Waals surface area (Å²) >= 11 is 0. The number of hydrogen-bond donors (Lipinski definition) is 0. The molecule has 1 aromatic rings. The normalized spacial score (nSPS) is 24.9. The van der Waals surface area contributed by atoms with Crippen LogP contribution in [0.15, 0.2) is 24.5 Å². The molecule has 2 saturated heterocycles. The van der Waals surface area contributed by atoms with Crippen molar-refractivity contribution in [3.8, 4) is 5.75 Å². The molecular weight excluding hydrogens is 309 g/mol. The maximum absolute atomic E-state index is 12.3. The second-order valence-electron chi connectivity index (χ2n) is 6.33. The first-order valence-electron chi connectivity index (χ1n) is 7.94. The number of alkyl halides is 3. The molecule has 2 aliphatic rings. The number of aromatic nitrogens is 1. The molecule has 0 N–H and O–H groups in total. The van der Waals surface area contributed by atoms with E-state index in [1.807, 2.05) is 17.0 Å². The Hall–Kier alpha value is -1.34. The lowest BCUT2D eigenvalue weighted by atomic mass is 9.88. The van der Waals surface area contributed by atoms with Crippen molar-refractivity contribution in [3.63, 3.8) is 0 Å². The van der Waals surface area contributed by atoms with Gasteiger partial charge in [0.1, 0.15) is 11.9 Å². The minimum atomic E-state index is -4.08. The molecule has 0 unspecified atom stereocenters. The topological polar surface area (TPSA) is 34.6 Å². The predicted octanol–water partition coefficient (Wildman–Crippen LogP) is 3.04. The Bertz CT molecular complexity index is 502. The fourth-order valence-electron chi connectivity index (χ4n) is 3.30. The second-order valence-corrected chi connectivity index (χ2v) is 6.33. The molecule has 1 atom stereocenters. The van der Waals surface area contributed by atoms with Crippen LogP contribution in [0, 0.1) is 0 Å². The van der Waals surface area contributed by atoms with Gasteiger partial charge in [-0.3, -0.25) is 4.98 Å². The van der Waals surface area contributed by atoms with Gasteiger partial charge in [0.05, 0.1) is 24.8 Å². The van der Waals surface area contributed by atoms with Crippen molar-refractivity contribution in [1.82, 2.24) is 9.88 Å². The summed E-state index contributed by atoms with van der Waals surface area (Å²) in [5.41, 5.74) is -0.235. The Morgan fingerprint density at radius 1 is 1.35 bits per heavy atom. The van der Waals surface area contributed by atoms with Crippen molar-refractivity contribution >= 4 is 0 Å². The summed E-state index contributed by atoms with van der Waals surface area (Å²) in [6, 6.07) is 3.68. The number of likely N-dealkylation sites (tertiary alicyclic amines) is 1. The molecule has 2 fully saturated rings. The summed E-state index contributed by atoms with van der Waals surface area (Å²) in [5, 5.41) is 0. The third kappa shape index (κ3) is 4.57. The van der Waals surface area contributed by atoms with Gasteiger partial charge < -0.3 is 14.4 Å². The summed E-state index contributed by atoms with van der Waals surface area (Å²) < 4.78 is 48.7. The van der Waals surface area contributed by atoms with Crippen LogP contribution >= 0.6 is 0 Å². The maximum atomic E-state index is 12.3. The molecule has 7 heteroatoms. The summed E-state index contributed by atoms with van der Waals surface area (Å²) in [7, 11) is 0. The SMILES string of the molecule is FC(F)(F)CCN1CCC2(CC1)C[C@H](Oc1cccnc1)CO2. The van der Waals surface area contributed by atoms with Gasteiger partial charge >= 0.3 is 6.18 Å². The molecule has 3 heterocycles. The minimum absolute atomic E-state index is 0.0130. The highest BCUT2D eigenvalue weighted by Gasteiger charge is 2.44. The monoisotopic (exact) mass is 330 g/mol. The molecule has 1 aromatic heterocycles. The average Bonchev–Trinajstić information content (AvgIpc) is 2.90. The zero-order valence-corrected chi connectivity index (χ0v) is 12.9. The summed E-state index contributed by atoms with van der Waals surface area (Å²) in [4.78, 5) is 5.89. The van der Waals surface area contributed by atoms with Crippen molar-refractivity contribution in [3.05, 3.63) is 24.5 Å². The third-order valence-corrected chi connectivity index (χ3v) is 4.59. The average molecular weight is 330 g/mol. The number of rotatable bonds is 4. The van der Waals surface area contributed by atoms with E-state index in [1.165, 1.54) is 0 Å². The second kappa shape index (κ2) is 6.65. The minimum Gasteiger partial charge on any atom is -0.486 e. The highest BCUT2D eigenvalue weighted by molar-refractivity contribution is 5.16. The molecule has 0 aromatic carbocycles. The van der Waals surface area contributed by atoms with Gasteiger partial charge in [0.25, 0.3) is 0 Å². The molecule has 23 heavy (non-hydrogen) atoms. The molecule has 4 nitrogen and oxygen atoms in total. The van der Waals surface area contributed by atoms with E-state index in [0.717, 1.165) is 25.0 Å². The lowest BCUT2D eigenvalue weighted by Crippen LogP contribution is -2.45. The van der Waals surface area contributed by atoms with Crippen molar-refractivity contribution in [1.29, 1.82) is 0 Å². The molecule has 1 spiro atoms. The van der Waals surface area contributed by atoms with Crippen molar-refractivity contribution in [2.45, 2.75) is 43.6 Å². The Morgan fingerprint density at radius 3 is 2.78 bits per heavy atom. The molecule has 128 valence electrons. The van der Waals surface area contributed by atoms with Gasteiger partial charge in [-0.15, -0.1) is 0 Å². The van der Waals surface area contributed by atoms with E-state index in [4.69, 9.17) is 9.47 Å². The number of nitrogens with zero attached hydrogens (tertiary/aromatic N) is 2. The number of ether oxygens (including phenoxy) is 2. The third-order valence-electron chi connectivity index (χ3n) is 4.59. The number of halogens is 3. The number of pyridine rings is 1. The van der Waals surface area contributed by atoms with Crippen LogP contribution in [0.4, 0.5) is 13.2 Å². The van der Waals surface area contributed by atoms with Crippen LogP contribution in [0.5, 0.6) is 5.75 Å². The lowest BCUT2D eigenvalue weighted by Gasteiger charge is -2.38. The Morgan fingerprint density at radius 2 is 2.13 bits per heavy atom. The van der Waals surface area contributed by atoms with Crippen LogP contribution in [-0.2, 0) is 4.74 Å². The van der Waals surface area contributed by atoms with Crippen LogP contribution in [0.1, 0.15) is 25.7 Å². The Labute approximate surface area is 133 Å². The zero-order valence-electron chi connectivity index (χ0n) is 12.9. The highest BCUT2D eigenvalue weighted by atomic mass is 19.4. The quantitative estimate of drug-likeness (QED) is 0.850. The molecule has 0 amide bonds. The van der Waals surface area contributed by atoms with Gasteiger partial charge in [-0.25, -0.2) is 0 Å². The molecule has 0 aliphatic carbocycles. The van der Waals surface area contributed by atoms with Crippen molar-refractivity contribution < 1.29 is 22.6 Å². The molecule has 2 aliphatic heterocycles. The van der Waals surface area contributed by atoms with Gasteiger partial charge in [0.15, 0.2) is 0 Å². The zero-order chi connectivity index (χ0) is 16.3. The van der Waals surface area contributed by atoms with Gasteiger partial charge in [0, 0.05) is 32.3 Å². The van der Waals surface area contributed by atoms with Crippen LogP contribution in [0.2, 0.25) is 0 Å². The van der Waals surface area contributed by atoms with Crippen LogP contribution in [0.3, 0.4) is 0 Å². The van der Waals surface area contributed by atoms with Gasteiger partial charge in [-0.2, -0.15) is 13.2 Å². The van der Waals surface area contributed by atoms with E-state index in [9.17, 15) is 13.2 Å². The van der Waals surface area contributed by atoms with Gasteiger partial charge in [-0.05, 0) is 25.0 Å². The smallest absolute Gasteiger partial charge is 0.390 e. The fourth-order valence-corrected chi connectivity index (χ4v) is 3.30. The lowest BCUT2D eigenvalue weighted by molar-refractivity contribution is -0.140. The van der Waals surface area contributed by atoms with E-state index >= 15 is 0 Å². The Balaban J connectivity index is 1.46. The predicted molar refractivity (Wildman–Crippen MR) is 78.3 cm³/mol. The molecular formula is C16H21F3N2O2. The van der Waals surface area contributed by atoms with Crippen molar-refractivity contribution in [2.75, 3.05) is 26.2 Å². The molecule has 0 bridgehead atoms. The first-order chi connectivity index (χ1) is 10.9. The molecule has 3 rings (SSSR count). The number of hydrogen-bond acceptors (Lipinski definition) is 4. The fraction of sp³-hybridized carbons (Fsp3) is 0.688. The summed E-state index contributed by atoms with van der Waals surface area (Å²) in [6.07, 6.45) is 0.835. The van der Waals surface area contributed by atoms with E-state index in [2.05, 4.69) is 4.98 Å². The van der Waals surface area contributed by atoms with E-state index in [-0.39, 0.29) is 18.2 Å². The molecule has 0 radical (unpaired) electrons. The van der Waals surface area contributed by atoms with E-state index in [0.29, 0.717) is 19.7 Å². The Kier molecular flexibility index (Phi) is 4.77. The van der Waals surface area contributed by atoms with Crippen LogP contribution in [-0.4, -0.2) is 54.0 Å². The van der Waals surface area contributed by atoms with E-state index < -0.39 is 12.6 Å². The highest BCUT2D eigenvalue weighted by Crippen LogP contribution is 2.37. The van der Waals surface area contributed by atoms with Crippen LogP contribution in [0.25, 0.3) is 0 Å².